The lowest BCUT2D eigenvalue weighted by Crippen LogP contribution is -2.38. The molecule has 0 spiro atoms. The maximum Gasteiger partial charge on any atom is 0.321 e. The second-order valence-electron chi connectivity index (χ2n) is 5.39. The van der Waals surface area contributed by atoms with Crippen molar-refractivity contribution in [2.45, 2.75) is 32.9 Å². The van der Waals surface area contributed by atoms with Crippen molar-refractivity contribution in [1.29, 1.82) is 0 Å². The van der Waals surface area contributed by atoms with Crippen molar-refractivity contribution in [3.63, 3.8) is 0 Å². The molecule has 0 aliphatic carbocycles. The molecule has 0 fully saturated rings. The van der Waals surface area contributed by atoms with E-state index in [0.717, 1.165) is 11.1 Å². The number of rotatable bonds is 6. The summed E-state index contributed by atoms with van der Waals surface area (Å²) in [5.41, 5.74) is 4.54. The lowest BCUT2D eigenvalue weighted by Gasteiger charge is -2.16. The molecule has 0 aliphatic heterocycles. The molecule has 1 atom stereocenters. The molecular weight excluding hydrogens is 262 g/mol. The molecule has 2 rings (SSSR count). The molecule has 110 valence electrons. The van der Waals surface area contributed by atoms with Gasteiger partial charge >= 0.3 is 5.97 Å². The first-order valence-corrected chi connectivity index (χ1v) is 7.12. The largest absolute Gasteiger partial charge is 0.480 e. The fraction of sp³-hybridized carbons (Fsp3) is 0.278. The summed E-state index contributed by atoms with van der Waals surface area (Å²) in [6.45, 7) is 4.66. The summed E-state index contributed by atoms with van der Waals surface area (Å²) < 4.78 is 0. The van der Waals surface area contributed by atoms with Crippen LogP contribution < -0.4 is 5.32 Å². The number of hydrogen-bond donors (Lipinski definition) is 2. The fourth-order valence-corrected chi connectivity index (χ4v) is 2.32. The minimum Gasteiger partial charge on any atom is -0.480 e. The third-order valence-electron chi connectivity index (χ3n) is 3.62. The molecule has 0 radical (unpaired) electrons. The van der Waals surface area contributed by atoms with Gasteiger partial charge in [0.15, 0.2) is 0 Å². The van der Waals surface area contributed by atoms with E-state index in [2.05, 4.69) is 23.5 Å². The monoisotopic (exact) mass is 283 g/mol. The summed E-state index contributed by atoms with van der Waals surface area (Å²) in [6, 6.07) is 15.4. The van der Waals surface area contributed by atoms with Gasteiger partial charge in [0.05, 0.1) is 0 Å². The lowest BCUT2D eigenvalue weighted by atomic mass is 10.0. The second kappa shape index (κ2) is 7.04. The Labute approximate surface area is 125 Å². The normalized spacial score (nSPS) is 12.1. The standard InChI is InChI=1S/C18H21NO2/c1-13-8-9-14(2)16(10-13)12-19-17(18(20)21)11-15-6-4-3-5-7-15/h3-10,17,19H,11-12H2,1-2H3,(H,20,21)/t17-/m0/s1. The molecule has 0 aromatic heterocycles. The van der Waals surface area contributed by atoms with Crippen molar-refractivity contribution in [3.05, 3.63) is 70.8 Å². The number of hydrogen-bond acceptors (Lipinski definition) is 2. The zero-order chi connectivity index (χ0) is 15.2. The topological polar surface area (TPSA) is 49.3 Å². The molecule has 0 saturated heterocycles. The van der Waals surface area contributed by atoms with Crippen LogP contribution in [0.25, 0.3) is 0 Å². The Kier molecular flexibility index (Phi) is 5.12. The fourth-order valence-electron chi connectivity index (χ4n) is 2.32. The summed E-state index contributed by atoms with van der Waals surface area (Å²) in [5, 5.41) is 12.5. The number of carbonyl (C=O) groups is 1. The van der Waals surface area contributed by atoms with E-state index in [1.165, 1.54) is 11.1 Å². The Hall–Kier alpha value is -2.13. The molecule has 21 heavy (non-hydrogen) atoms. The summed E-state index contributed by atoms with van der Waals surface area (Å²) in [4.78, 5) is 11.4. The van der Waals surface area contributed by atoms with Gasteiger partial charge in [0.2, 0.25) is 0 Å². The summed E-state index contributed by atoms with van der Waals surface area (Å²) in [5.74, 6) is -0.816. The van der Waals surface area contributed by atoms with Gasteiger partial charge in [-0.05, 0) is 37.0 Å². The van der Waals surface area contributed by atoms with E-state index in [4.69, 9.17) is 0 Å². The van der Waals surface area contributed by atoms with Crippen LogP contribution in [0.5, 0.6) is 0 Å². The predicted octanol–water partition coefficient (Wildman–Crippen LogP) is 3.09. The quantitative estimate of drug-likeness (QED) is 0.856. The Morgan fingerprint density at radius 2 is 1.86 bits per heavy atom. The lowest BCUT2D eigenvalue weighted by molar-refractivity contribution is -0.139. The summed E-state index contributed by atoms with van der Waals surface area (Å²) in [6.07, 6.45) is 0.487. The molecule has 0 heterocycles. The van der Waals surface area contributed by atoms with Crippen LogP contribution in [0.1, 0.15) is 22.3 Å². The Morgan fingerprint density at radius 3 is 2.52 bits per heavy atom. The van der Waals surface area contributed by atoms with Crippen molar-refractivity contribution in [2.24, 2.45) is 0 Å². The van der Waals surface area contributed by atoms with E-state index >= 15 is 0 Å². The third kappa shape index (κ3) is 4.43. The van der Waals surface area contributed by atoms with Crippen LogP contribution in [0.4, 0.5) is 0 Å². The Morgan fingerprint density at radius 1 is 1.14 bits per heavy atom. The van der Waals surface area contributed by atoms with Gasteiger partial charge in [-0.1, -0.05) is 54.1 Å². The SMILES string of the molecule is Cc1ccc(C)c(CN[C@@H](Cc2ccccc2)C(=O)O)c1. The van der Waals surface area contributed by atoms with Crippen LogP contribution in [-0.4, -0.2) is 17.1 Å². The zero-order valence-electron chi connectivity index (χ0n) is 12.5. The molecular formula is C18H21NO2. The van der Waals surface area contributed by atoms with Gasteiger partial charge in [-0.2, -0.15) is 0 Å². The zero-order valence-corrected chi connectivity index (χ0v) is 12.5. The number of benzene rings is 2. The molecule has 2 N–H and O–H groups in total. The van der Waals surface area contributed by atoms with Crippen LogP contribution in [0.15, 0.2) is 48.5 Å². The molecule has 3 nitrogen and oxygen atoms in total. The molecule has 0 amide bonds. The maximum absolute atomic E-state index is 11.4. The van der Waals surface area contributed by atoms with Gasteiger partial charge in [-0.15, -0.1) is 0 Å². The highest BCUT2D eigenvalue weighted by Gasteiger charge is 2.17. The first kappa shape index (κ1) is 15.3. The molecule has 0 saturated carbocycles. The van der Waals surface area contributed by atoms with Gasteiger partial charge in [-0.3, -0.25) is 4.79 Å². The minimum atomic E-state index is -0.816. The molecule has 0 bridgehead atoms. The van der Waals surface area contributed by atoms with E-state index in [9.17, 15) is 9.90 Å². The first-order valence-electron chi connectivity index (χ1n) is 7.12. The van der Waals surface area contributed by atoms with E-state index < -0.39 is 12.0 Å². The molecule has 3 heteroatoms. The molecule has 2 aromatic carbocycles. The summed E-state index contributed by atoms with van der Waals surface area (Å²) in [7, 11) is 0. The number of nitrogens with one attached hydrogen (secondary N) is 1. The first-order chi connectivity index (χ1) is 10.1. The smallest absolute Gasteiger partial charge is 0.321 e. The Bertz CT molecular complexity index is 608. The molecule has 0 unspecified atom stereocenters. The van der Waals surface area contributed by atoms with Gasteiger partial charge < -0.3 is 10.4 Å². The van der Waals surface area contributed by atoms with Crippen molar-refractivity contribution in [1.82, 2.24) is 5.32 Å². The van der Waals surface area contributed by atoms with Gasteiger partial charge in [0.1, 0.15) is 6.04 Å². The van der Waals surface area contributed by atoms with Gasteiger partial charge in [-0.25, -0.2) is 0 Å². The van der Waals surface area contributed by atoms with Crippen LogP contribution in [-0.2, 0) is 17.8 Å². The van der Waals surface area contributed by atoms with Crippen LogP contribution >= 0.6 is 0 Å². The Balaban J connectivity index is 2.03. The van der Waals surface area contributed by atoms with Crippen LogP contribution in [0.3, 0.4) is 0 Å². The predicted molar refractivity (Wildman–Crippen MR) is 84.3 cm³/mol. The number of aryl methyl sites for hydroxylation is 2. The van der Waals surface area contributed by atoms with Gasteiger partial charge in [0.25, 0.3) is 0 Å². The molecule has 2 aromatic rings. The summed E-state index contributed by atoms with van der Waals surface area (Å²) >= 11 is 0. The maximum atomic E-state index is 11.4. The van der Waals surface area contributed by atoms with Gasteiger partial charge in [0, 0.05) is 6.54 Å². The van der Waals surface area contributed by atoms with E-state index in [1.54, 1.807) is 0 Å². The van der Waals surface area contributed by atoms with Crippen molar-refractivity contribution < 1.29 is 9.90 Å². The minimum absolute atomic E-state index is 0.487. The molecule has 0 aliphatic rings. The number of carboxylic acid groups (broad SMARTS) is 1. The highest BCUT2D eigenvalue weighted by Crippen LogP contribution is 2.11. The van der Waals surface area contributed by atoms with E-state index in [-0.39, 0.29) is 0 Å². The highest BCUT2D eigenvalue weighted by molar-refractivity contribution is 5.73. The van der Waals surface area contributed by atoms with Crippen LogP contribution in [0, 0.1) is 13.8 Å². The van der Waals surface area contributed by atoms with Crippen molar-refractivity contribution in [3.8, 4) is 0 Å². The number of aliphatic carboxylic acids is 1. The third-order valence-corrected chi connectivity index (χ3v) is 3.62. The van der Waals surface area contributed by atoms with Crippen molar-refractivity contribution in [2.75, 3.05) is 0 Å². The van der Waals surface area contributed by atoms with E-state index in [0.29, 0.717) is 13.0 Å². The van der Waals surface area contributed by atoms with Crippen molar-refractivity contribution >= 4 is 5.97 Å². The highest BCUT2D eigenvalue weighted by atomic mass is 16.4. The van der Waals surface area contributed by atoms with Crippen LogP contribution in [0.2, 0.25) is 0 Å². The second-order valence-corrected chi connectivity index (χ2v) is 5.39. The number of carboxylic acids is 1. The average molecular weight is 283 g/mol. The van der Waals surface area contributed by atoms with E-state index in [1.807, 2.05) is 44.2 Å². The average Bonchev–Trinajstić information content (AvgIpc) is 2.47.